The molecule has 12 heavy (non-hydrogen) atoms. The van der Waals surface area contributed by atoms with Gasteiger partial charge in [-0.25, -0.2) is 0 Å². The molecule has 0 saturated carbocycles. The van der Waals surface area contributed by atoms with Crippen LogP contribution in [0, 0.1) is 0 Å². The Bertz CT molecular complexity index is 68.1. The average molecular weight is 217 g/mol. The molecule has 0 amide bonds. The standard InChI is InChI=1S/C8H20N2.2ClH/c1-3-10(4-2)8-6-5-7-9;;/h3-9H2,1-2H3;2*1H. The first kappa shape index (κ1) is 18.3. The molecule has 2 N–H and O–H groups in total. The van der Waals surface area contributed by atoms with E-state index in [1.165, 1.54) is 26.1 Å². The maximum absolute atomic E-state index is 5.38. The van der Waals surface area contributed by atoms with Crippen LogP contribution in [0.3, 0.4) is 0 Å². The second-order valence-corrected chi connectivity index (χ2v) is 2.52. The molecule has 0 unspecified atom stereocenters. The van der Waals surface area contributed by atoms with Crippen molar-refractivity contribution in [1.29, 1.82) is 0 Å². The van der Waals surface area contributed by atoms with Gasteiger partial charge in [0.25, 0.3) is 0 Å². The van der Waals surface area contributed by atoms with Crippen molar-refractivity contribution in [2.45, 2.75) is 26.7 Å². The fourth-order valence-corrected chi connectivity index (χ4v) is 1.02. The van der Waals surface area contributed by atoms with Gasteiger partial charge in [0, 0.05) is 0 Å². The largest absolute Gasteiger partial charge is 0.330 e. The zero-order valence-corrected chi connectivity index (χ0v) is 9.72. The van der Waals surface area contributed by atoms with Gasteiger partial charge in [-0.3, -0.25) is 0 Å². The number of nitrogens with two attached hydrogens (primary N) is 1. The van der Waals surface area contributed by atoms with Crippen LogP contribution in [-0.4, -0.2) is 31.1 Å². The average Bonchev–Trinajstić information content (AvgIpc) is 1.99. The molecule has 4 heteroatoms. The Hall–Kier alpha value is 0.500. The molecule has 0 aliphatic rings. The van der Waals surface area contributed by atoms with Gasteiger partial charge in [0.05, 0.1) is 0 Å². The van der Waals surface area contributed by atoms with Crippen molar-refractivity contribution in [2.24, 2.45) is 5.73 Å². The Balaban J connectivity index is -0.000000405. The lowest BCUT2D eigenvalue weighted by molar-refractivity contribution is 0.297. The normalized spacial score (nSPS) is 9.00. The van der Waals surface area contributed by atoms with Crippen molar-refractivity contribution in [3.05, 3.63) is 0 Å². The van der Waals surface area contributed by atoms with E-state index in [1.54, 1.807) is 0 Å². The lowest BCUT2D eigenvalue weighted by Crippen LogP contribution is -2.24. The quantitative estimate of drug-likeness (QED) is 0.688. The predicted octanol–water partition coefficient (Wildman–Crippen LogP) is 1.91. The fourth-order valence-electron chi connectivity index (χ4n) is 1.02. The van der Waals surface area contributed by atoms with Gasteiger partial charge < -0.3 is 10.6 Å². The maximum Gasteiger partial charge on any atom is -0.00185 e. The third-order valence-electron chi connectivity index (χ3n) is 1.82. The molecular formula is C8H22Cl2N2. The third kappa shape index (κ3) is 10.5. The summed E-state index contributed by atoms with van der Waals surface area (Å²) in [5, 5.41) is 0. The summed E-state index contributed by atoms with van der Waals surface area (Å²) in [6.07, 6.45) is 2.41. The van der Waals surface area contributed by atoms with Gasteiger partial charge >= 0.3 is 0 Å². The minimum absolute atomic E-state index is 0. The van der Waals surface area contributed by atoms with Crippen molar-refractivity contribution < 1.29 is 0 Å². The SMILES string of the molecule is CCN(CC)CCCCN.Cl.Cl. The van der Waals surface area contributed by atoms with E-state index in [9.17, 15) is 0 Å². The highest BCUT2D eigenvalue weighted by Gasteiger charge is 1.95. The number of hydrogen-bond donors (Lipinski definition) is 1. The molecule has 0 aromatic rings. The van der Waals surface area contributed by atoms with Crippen molar-refractivity contribution in [1.82, 2.24) is 4.90 Å². The van der Waals surface area contributed by atoms with Gasteiger partial charge in [-0.2, -0.15) is 0 Å². The summed E-state index contributed by atoms with van der Waals surface area (Å²) < 4.78 is 0. The summed E-state index contributed by atoms with van der Waals surface area (Å²) in [6.45, 7) is 8.78. The Morgan fingerprint density at radius 3 is 1.83 bits per heavy atom. The topological polar surface area (TPSA) is 29.3 Å². The number of hydrogen-bond acceptors (Lipinski definition) is 2. The van der Waals surface area contributed by atoms with Crippen LogP contribution in [0.4, 0.5) is 0 Å². The monoisotopic (exact) mass is 216 g/mol. The first-order chi connectivity index (χ1) is 4.85. The molecule has 0 heterocycles. The summed E-state index contributed by atoms with van der Waals surface area (Å²) in [4.78, 5) is 2.43. The van der Waals surface area contributed by atoms with Gasteiger partial charge in [-0.05, 0) is 39.0 Å². The van der Waals surface area contributed by atoms with Crippen molar-refractivity contribution in [3.8, 4) is 0 Å². The van der Waals surface area contributed by atoms with E-state index in [0.717, 1.165) is 13.0 Å². The second-order valence-electron chi connectivity index (χ2n) is 2.52. The first-order valence-corrected chi connectivity index (χ1v) is 4.27. The minimum Gasteiger partial charge on any atom is -0.330 e. The maximum atomic E-state index is 5.38. The molecule has 0 saturated heterocycles. The van der Waals surface area contributed by atoms with Gasteiger partial charge in [-0.15, -0.1) is 24.8 Å². The fraction of sp³-hybridized carbons (Fsp3) is 1.00. The van der Waals surface area contributed by atoms with E-state index < -0.39 is 0 Å². The molecule has 0 fully saturated rings. The van der Waals surface area contributed by atoms with Crippen molar-refractivity contribution in [2.75, 3.05) is 26.2 Å². The van der Waals surface area contributed by atoms with Crippen molar-refractivity contribution in [3.63, 3.8) is 0 Å². The Morgan fingerprint density at radius 2 is 1.50 bits per heavy atom. The first-order valence-electron chi connectivity index (χ1n) is 4.27. The molecule has 0 aliphatic carbocycles. The van der Waals surface area contributed by atoms with E-state index in [-0.39, 0.29) is 24.8 Å². The van der Waals surface area contributed by atoms with Crippen LogP contribution >= 0.6 is 24.8 Å². The highest BCUT2D eigenvalue weighted by molar-refractivity contribution is 5.85. The molecule has 78 valence electrons. The highest BCUT2D eigenvalue weighted by Crippen LogP contribution is 1.92. The Labute approximate surface area is 88.7 Å². The van der Waals surface area contributed by atoms with Gasteiger partial charge in [0.15, 0.2) is 0 Å². The summed E-state index contributed by atoms with van der Waals surface area (Å²) in [5.74, 6) is 0. The summed E-state index contributed by atoms with van der Waals surface area (Å²) >= 11 is 0. The number of halogens is 2. The minimum atomic E-state index is 0. The number of nitrogens with zero attached hydrogens (tertiary/aromatic N) is 1. The number of unbranched alkanes of at least 4 members (excludes halogenated alkanes) is 1. The predicted molar refractivity (Wildman–Crippen MR) is 60.6 cm³/mol. The van der Waals surface area contributed by atoms with Crippen LogP contribution in [0.25, 0.3) is 0 Å². The molecule has 0 aliphatic heterocycles. The van der Waals surface area contributed by atoms with E-state index in [0.29, 0.717) is 0 Å². The lowest BCUT2D eigenvalue weighted by Gasteiger charge is -2.16. The van der Waals surface area contributed by atoms with E-state index in [2.05, 4.69) is 18.7 Å². The molecule has 0 radical (unpaired) electrons. The molecule has 0 rings (SSSR count). The zero-order chi connectivity index (χ0) is 7.82. The molecule has 0 aromatic carbocycles. The Kier molecular flexibility index (Phi) is 21.4. The molecule has 2 nitrogen and oxygen atoms in total. The van der Waals surface area contributed by atoms with Crippen LogP contribution in [0.1, 0.15) is 26.7 Å². The van der Waals surface area contributed by atoms with E-state index in [4.69, 9.17) is 5.73 Å². The molecule has 0 aromatic heterocycles. The second kappa shape index (κ2) is 14.0. The smallest absolute Gasteiger partial charge is 0.00185 e. The summed E-state index contributed by atoms with van der Waals surface area (Å²) in [6, 6.07) is 0. The highest BCUT2D eigenvalue weighted by atomic mass is 35.5. The van der Waals surface area contributed by atoms with Crippen LogP contribution < -0.4 is 5.73 Å². The number of rotatable bonds is 6. The van der Waals surface area contributed by atoms with Crippen LogP contribution in [0.2, 0.25) is 0 Å². The lowest BCUT2D eigenvalue weighted by atomic mass is 10.3. The van der Waals surface area contributed by atoms with Crippen LogP contribution in [-0.2, 0) is 0 Å². The van der Waals surface area contributed by atoms with E-state index >= 15 is 0 Å². The van der Waals surface area contributed by atoms with Crippen molar-refractivity contribution >= 4 is 24.8 Å². The molecular weight excluding hydrogens is 195 g/mol. The molecule has 0 atom stereocenters. The van der Waals surface area contributed by atoms with Crippen LogP contribution in [0.15, 0.2) is 0 Å². The molecule has 0 bridgehead atoms. The molecule has 0 spiro atoms. The third-order valence-corrected chi connectivity index (χ3v) is 1.82. The van der Waals surface area contributed by atoms with Gasteiger partial charge in [0.2, 0.25) is 0 Å². The van der Waals surface area contributed by atoms with E-state index in [1.807, 2.05) is 0 Å². The summed E-state index contributed by atoms with van der Waals surface area (Å²) in [7, 11) is 0. The van der Waals surface area contributed by atoms with Gasteiger partial charge in [0.1, 0.15) is 0 Å². The Morgan fingerprint density at radius 1 is 1.00 bits per heavy atom. The van der Waals surface area contributed by atoms with Gasteiger partial charge in [-0.1, -0.05) is 13.8 Å². The van der Waals surface area contributed by atoms with Crippen LogP contribution in [0.5, 0.6) is 0 Å². The zero-order valence-electron chi connectivity index (χ0n) is 8.08. The summed E-state index contributed by atoms with van der Waals surface area (Å²) in [5.41, 5.74) is 5.38.